The van der Waals surface area contributed by atoms with Crippen molar-refractivity contribution in [2.45, 2.75) is 17.1 Å². The van der Waals surface area contributed by atoms with E-state index in [4.69, 9.17) is 0 Å². The summed E-state index contributed by atoms with van der Waals surface area (Å²) in [6.45, 7) is 1.86. The quantitative estimate of drug-likeness (QED) is 0.0989. The van der Waals surface area contributed by atoms with Crippen LogP contribution in [0.2, 0.25) is 0 Å². The van der Waals surface area contributed by atoms with E-state index in [1.807, 2.05) is 91.9 Å². The van der Waals surface area contributed by atoms with Crippen LogP contribution in [-0.4, -0.2) is 28.0 Å². The Labute approximate surface area is 264 Å². The standard InChI is InChI=1S/C37H30N4O3S/c1-24(35(42)40-33-17-9-13-25-10-5-6-14-30(25)33)45-29-20-18-28(19-21-29)39-37(44)34(41-36(43)26-11-3-2-4-12-26)22-27-23-38-32-16-8-7-15-31(27)32/h2-24,38H,1H3,(H,39,44)(H,40,42)(H,41,43)/b34-22-. The van der Waals surface area contributed by atoms with Crippen LogP contribution in [0.4, 0.5) is 11.4 Å². The maximum Gasteiger partial charge on any atom is 0.272 e. The lowest BCUT2D eigenvalue weighted by Crippen LogP contribution is -2.30. The molecule has 0 fully saturated rings. The van der Waals surface area contributed by atoms with Crippen molar-refractivity contribution >= 4 is 68.6 Å². The van der Waals surface area contributed by atoms with E-state index in [0.29, 0.717) is 11.3 Å². The fourth-order valence-corrected chi connectivity index (χ4v) is 5.82. The number of thioether (sulfide) groups is 1. The third-order valence-corrected chi connectivity index (χ3v) is 8.40. The second-order valence-electron chi connectivity index (χ2n) is 10.4. The monoisotopic (exact) mass is 610 g/mol. The highest BCUT2D eigenvalue weighted by Gasteiger charge is 2.18. The second kappa shape index (κ2) is 13.4. The van der Waals surface area contributed by atoms with Gasteiger partial charge in [-0.05, 0) is 66.9 Å². The molecule has 1 heterocycles. The van der Waals surface area contributed by atoms with E-state index < -0.39 is 5.91 Å². The summed E-state index contributed by atoms with van der Waals surface area (Å²) in [5.74, 6) is -0.956. The van der Waals surface area contributed by atoms with Gasteiger partial charge in [0.25, 0.3) is 11.8 Å². The molecule has 5 aromatic carbocycles. The number of anilines is 2. The number of benzene rings is 5. The van der Waals surface area contributed by atoms with Gasteiger partial charge >= 0.3 is 0 Å². The first-order valence-electron chi connectivity index (χ1n) is 14.5. The molecular weight excluding hydrogens is 580 g/mol. The summed E-state index contributed by atoms with van der Waals surface area (Å²) in [4.78, 5) is 43.6. The van der Waals surface area contributed by atoms with E-state index in [-0.39, 0.29) is 22.8 Å². The number of carbonyl (C=O) groups excluding carboxylic acids is 3. The fraction of sp³-hybridized carbons (Fsp3) is 0.0541. The molecule has 0 bridgehead atoms. The molecule has 222 valence electrons. The Morgan fingerprint density at radius 3 is 2.22 bits per heavy atom. The van der Waals surface area contributed by atoms with Gasteiger partial charge in [-0.3, -0.25) is 14.4 Å². The Hall–Kier alpha value is -5.60. The summed E-state index contributed by atoms with van der Waals surface area (Å²) in [6, 6.07) is 37.5. The first-order valence-corrected chi connectivity index (χ1v) is 15.3. The summed E-state index contributed by atoms with van der Waals surface area (Å²) in [7, 11) is 0. The Balaban J connectivity index is 1.15. The number of carbonyl (C=O) groups is 3. The summed E-state index contributed by atoms with van der Waals surface area (Å²) in [5.41, 5.74) is 3.56. The molecule has 0 aliphatic heterocycles. The van der Waals surface area contributed by atoms with Crippen LogP contribution in [-0.2, 0) is 9.59 Å². The minimum absolute atomic E-state index is 0.102. The van der Waals surface area contributed by atoms with E-state index in [0.717, 1.165) is 37.8 Å². The van der Waals surface area contributed by atoms with Crippen molar-refractivity contribution in [1.29, 1.82) is 0 Å². The van der Waals surface area contributed by atoms with Crippen LogP contribution in [0.1, 0.15) is 22.8 Å². The second-order valence-corrected chi connectivity index (χ2v) is 11.8. The summed E-state index contributed by atoms with van der Waals surface area (Å²) in [6.07, 6.45) is 3.46. The zero-order valence-electron chi connectivity index (χ0n) is 24.4. The molecule has 3 amide bonds. The van der Waals surface area contributed by atoms with Gasteiger partial charge in [0.1, 0.15) is 5.70 Å². The molecule has 1 atom stereocenters. The van der Waals surface area contributed by atoms with Crippen LogP contribution in [0, 0.1) is 0 Å². The van der Waals surface area contributed by atoms with E-state index >= 15 is 0 Å². The highest BCUT2D eigenvalue weighted by atomic mass is 32.2. The molecule has 0 saturated heterocycles. The van der Waals surface area contributed by atoms with E-state index in [1.54, 1.807) is 48.7 Å². The lowest BCUT2D eigenvalue weighted by molar-refractivity contribution is -0.115. The topological polar surface area (TPSA) is 103 Å². The predicted octanol–water partition coefficient (Wildman–Crippen LogP) is 7.85. The number of hydrogen-bond acceptors (Lipinski definition) is 4. The van der Waals surface area contributed by atoms with E-state index in [1.165, 1.54) is 11.8 Å². The molecule has 7 nitrogen and oxygen atoms in total. The average Bonchev–Trinajstić information content (AvgIpc) is 3.48. The number of H-pyrrole nitrogens is 1. The smallest absolute Gasteiger partial charge is 0.272 e. The Bertz CT molecular complexity index is 2030. The molecule has 0 spiro atoms. The van der Waals surface area contributed by atoms with Crippen molar-refractivity contribution in [1.82, 2.24) is 10.3 Å². The molecule has 6 aromatic rings. The lowest BCUT2D eigenvalue weighted by Gasteiger charge is -2.14. The number of rotatable bonds is 9. The summed E-state index contributed by atoms with van der Waals surface area (Å²) in [5, 5.41) is 11.3. The van der Waals surface area contributed by atoms with Gasteiger partial charge in [-0.25, -0.2) is 0 Å². The molecule has 0 aliphatic rings. The molecule has 45 heavy (non-hydrogen) atoms. The van der Waals surface area contributed by atoms with Crippen LogP contribution >= 0.6 is 11.8 Å². The maximum atomic E-state index is 13.5. The van der Waals surface area contributed by atoms with Gasteiger partial charge < -0.3 is 20.9 Å². The normalized spacial score (nSPS) is 12.1. The SMILES string of the molecule is CC(Sc1ccc(NC(=O)/C(=C/c2c[nH]c3ccccc23)NC(=O)c2ccccc2)cc1)C(=O)Nc1cccc2ccccc12. The number of aromatic amines is 1. The van der Waals surface area contributed by atoms with Crippen LogP contribution < -0.4 is 16.0 Å². The van der Waals surface area contributed by atoms with Crippen LogP contribution in [0.3, 0.4) is 0 Å². The van der Waals surface area contributed by atoms with Gasteiger partial charge in [0.05, 0.1) is 5.25 Å². The Morgan fingerprint density at radius 2 is 1.42 bits per heavy atom. The first-order chi connectivity index (χ1) is 21.9. The highest BCUT2D eigenvalue weighted by molar-refractivity contribution is 8.00. The fourth-order valence-electron chi connectivity index (χ4n) is 4.95. The number of hydrogen-bond donors (Lipinski definition) is 4. The van der Waals surface area contributed by atoms with Gasteiger partial charge in [0, 0.05) is 49.9 Å². The third kappa shape index (κ3) is 6.98. The number of amides is 3. The molecule has 8 heteroatoms. The highest BCUT2D eigenvalue weighted by Crippen LogP contribution is 2.28. The van der Waals surface area contributed by atoms with Crippen molar-refractivity contribution in [2.24, 2.45) is 0 Å². The molecule has 4 N–H and O–H groups in total. The minimum atomic E-state index is -0.465. The van der Waals surface area contributed by atoms with Crippen LogP contribution in [0.5, 0.6) is 0 Å². The molecule has 1 unspecified atom stereocenters. The zero-order valence-corrected chi connectivity index (χ0v) is 25.2. The van der Waals surface area contributed by atoms with Crippen molar-refractivity contribution in [2.75, 3.05) is 10.6 Å². The minimum Gasteiger partial charge on any atom is -0.361 e. The molecule has 0 aliphatic carbocycles. The number of fused-ring (bicyclic) bond motifs is 2. The predicted molar refractivity (Wildman–Crippen MR) is 183 cm³/mol. The van der Waals surface area contributed by atoms with Crippen molar-refractivity contribution in [3.05, 3.63) is 144 Å². The van der Waals surface area contributed by atoms with Gasteiger partial charge in [0.15, 0.2) is 0 Å². The third-order valence-electron chi connectivity index (χ3n) is 7.29. The largest absolute Gasteiger partial charge is 0.361 e. The molecule has 0 saturated carbocycles. The first kappa shape index (κ1) is 29.5. The lowest BCUT2D eigenvalue weighted by atomic mass is 10.1. The van der Waals surface area contributed by atoms with Crippen LogP contribution in [0.15, 0.2) is 138 Å². The van der Waals surface area contributed by atoms with Crippen molar-refractivity contribution in [3.63, 3.8) is 0 Å². The maximum absolute atomic E-state index is 13.5. The molecule has 6 rings (SSSR count). The molecule has 1 aromatic heterocycles. The molecular formula is C37H30N4O3S. The summed E-state index contributed by atoms with van der Waals surface area (Å²) < 4.78 is 0. The Morgan fingerprint density at radius 1 is 0.733 bits per heavy atom. The van der Waals surface area contributed by atoms with Gasteiger partial charge in [0.2, 0.25) is 5.91 Å². The number of para-hydroxylation sites is 1. The summed E-state index contributed by atoms with van der Waals surface area (Å²) >= 11 is 1.42. The van der Waals surface area contributed by atoms with Crippen LogP contribution in [0.25, 0.3) is 27.8 Å². The van der Waals surface area contributed by atoms with Gasteiger partial charge in [-0.1, -0.05) is 72.8 Å². The average molecular weight is 611 g/mol. The van der Waals surface area contributed by atoms with E-state index in [9.17, 15) is 14.4 Å². The van der Waals surface area contributed by atoms with Gasteiger partial charge in [-0.15, -0.1) is 11.8 Å². The van der Waals surface area contributed by atoms with Crippen molar-refractivity contribution < 1.29 is 14.4 Å². The number of aromatic nitrogens is 1. The van der Waals surface area contributed by atoms with Gasteiger partial charge in [-0.2, -0.15) is 0 Å². The number of nitrogens with one attached hydrogen (secondary N) is 4. The molecule has 0 radical (unpaired) electrons. The van der Waals surface area contributed by atoms with Crippen molar-refractivity contribution in [3.8, 4) is 0 Å². The van der Waals surface area contributed by atoms with E-state index in [2.05, 4.69) is 20.9 Å². The Kier molecular flexibility index (Phi) is 8.75. The zero-order chi connectivity index (χ0) is 31.2.